The second kappa shape index (κ2) is 14.0. The number of carbonyl (C=O) groups is 1. The molecule has 3 fully saturated rings. The number of nitrogens with one attached hydrogen (secondary N) is 2. The number of aliphatic hydroxyl groups is 1. The molecule has 0 saturated heterocycles. The van der Waals surface area contributed by atoms with E-state index in [1.54, 1.807) is 5.57 Å². The Labute approximate surface area is 243 Å². The number of allylic oxidation sites excluding steroid dienone is 1. The lowest BCUT2D eigenvalue weighted by Gasteiger charge is -2.58. The molecule has 0 radical (unpaired) electrons. The predicted molar refractivity (Wildman–Crippen MR) is 164 cm³/mol. The molecule has 0 aliphatic heterocycles. The summed E-state index contributed by atoms with van der Waals surface area (Å²) in [5.74, 6) is 4.34. The van der Waals surface area contributed by atoms with Crippen LogP contribution < -0.4 is 16.8 Å². The summed E-state index contributed by atoms with van der Waals surface area (Å²) in [6, 6.07) is -0.821. The van der Waals surface area contributed by atoms with Gasteiger partial charge in [-0.05, 0) is 111 Å². The lowest BCUT2D eigenvalue weighted by atomic mass is 9.47. The smallest absolute Gasteiger partial charge is 0.320 e. The van der Waals surface area contributed by atoms with Gasteiger partial charge in [-0.15, -0.1) is 0 Å². The molecule has 7 nitrogen and oxygen atoms in total. The fourth-order valence-electron chi connectivity index (χ4n) is 9.33. The van der Waals surface area contributed by atoms with E-state index in [-0.39, 0.29) is 12.1 Å². The third kappa shape index (κ3) is 7.61. The molecule has 4 rings (SSSR count). The van der Waals surface area contributed by atoms with Crippen molar-refractivity contribution in [3.05, 3.63) is 11.6 Å². The van der Waals surface area contributed by atoms with Gasteiger partial charge in [-0.25, -0.2) is 0 Å². The van der Waals surface area contributed by atoms with Crippen LogP contribution in [0.1, 0.15) is 118 Å². The number of nitrogens with two attached hydrogens (primary N) is 2. The summed E-state index contributed by atoms with van der Waals surface area (Å²) >= 11 is 0. The monoisotopic (exact) mass is 560 g/mol. The van der Waals surface area contributed by atoms with Crippen LogP contribution in [0.5, 0.6) is 0 Å². The van der Waals surface area contributed by atoms with E-state index in [1.807, 2.05) is 0 Å². The van der Waals surface area contributed by atoms with Crippen molar-refractivity contribution in [2.75, 3.05) is 6.54 Å². The highest BCUT2D eigenvalue weighted by molar-refractivity contribution is 5.74. The zero-order valence-electron chi connectivity index (χ0n) is 26.1. The zero-order chi connectivity index (χ0) is 29.7. The molecular formula is C33H60N4O3. The Morgan fingerprint density at radius 2 is 1.80 bits per heavy atom. The molecule has 4 aliphatic rings. The van der Waals surface area contributed by atoms with Crippen molar-refractivity contribution >= 4 is 11.9 Å². The number of aliphatic hydroxyl groups excluding tert-OH is 1. The SMILES string of the molecule is CC(C)CCCC(C)[C@H]1CC[C@H]2[C@@H]3CC=C4C[C@@H](O)CC[C@]4(C)[C@H]3CC[C@]12C.N=C(N)NCCCC(N)C(=O)O. The second-order valence-corrected chi connectivity index (χ2v) is 14.6. The summed E-state index contributed by atoms with van der Waals surface area (Å²) in [5, 5.41) is 27.9. The maximum atomic E-state index is 10.2. The van der Waals surface area contributed by atoms with Gasteiger partial charge in [0.2, 0.25) is 0 Å². The Morgan fingerprint density at radius 1 is 1.07 bits per heavy atom. The molecule has 3 saturated carbocycles. The summed E-state index contributed by atoms with van der Waals surface area (Å²) in [7, 11) is 0. The third-order valence-corrected chi connectivity index (χ3v) is 11.6. The second-order valence-electron chi connectivity index (χ2n) is 14.6. The molecule has 8 N–H and O–H groups in total. The number of carboxylic acids is 1. The molecule has 0 aromatic carbocycles. The van der Waals surface area contributed by atoms with Gasteiger partial charge in [0.15, 0.2) is 5.96 Å². The number of hydrogen-bond acceptors (Lipinski definition) is 4. The van der Waals surface area contributed by atoms with Crippen molar-refractivity contribution in [1.82, 2.24) is 5.32 Å². The highest BCUT2D eigenvalue weighted by atomic mass is 16.4. The molecule has 230 valence electrons. The van der Waals surface area contributed by atoms with Crippen molar-refractivity contribution in [3.63, 3.8) is 0 Å². The quantitative estimate of drug-likeness (QED) is 0.0830. The first kappa shape index (κ1) is 32.9. The van der Waals surface area contributed by atoms with Crippen LogP contribution in [0.4, 0.5) is 0 Å². The number of rotatable bonds is 10. The van der Waals surface area contributed by atoms with E-state index < -0.39 is 12.0 Å². The first-order chi connectivity index (χ1) is 18.8. The molecule has 0 aromatic rings. The van der Waals surface area contributed by atoms with Crippen LogP contribution in [0.25, 0.3) is 0 Å². The summed E-state index contributed by atoms with van der Waals surface area (Å²) in [5.41, 5.74) is 12.8. The fourth-order valence-corrected chi connectivity index (χ4v) is 9.33. The number of fused-ring (bicyclic) bond motifs is 5. The lowest BCUT2D eigenvalue weighted by molar-refractivity contribution is -0.138. The Hall–Kier alpha value is -1.60. The van der Waals surface area contributed by atoms with E-state index in [0.29, 0.717) is 30.2 Å². The average molecular weight is 561 g/mol. The highest BCUT2D eigenvalue weighted by Crippen LogP contribution is 2.67. The third-order valence-electron chi connectivity index (χ3n) is 11.6. The van der Waals surface area contributed by atoms with Gasteiger partial charge in [0.05, 0.1) is 6.10 Å². The summed E-state index contributed by atoms with van der Waals surface area (Å²) in [6.45, 7) is 13.1. The first-order valence-electron chi connectivity index (χ1n) is 16.2. The first-order valence-corrected chi connectivity index (χ1v) is 16.2. The summed E-state index contributed by atoms with van der Waals surface area (Å²) in [6.07, 6.45) is 18.1. The fraction of sp³-hybridized carbons (Fsp3) is 0.879. The Balaban J connectivity index is 0.000000312. The van der Waals surface area contributed by atoms with Crippen LogP contribution in [0.15, 0.2) is 11.6 Å². The molecule has 0 heterocycles. The number of aliphatic carboxylic acids is 1. The minimum Gasteiger partial charge on any atom is -0.480 e. The molecule has 0 amide bonds. The van der Waals surface area contributed by atoms with Crippen LogP contribution in [-0.4, -0.2) is 40.8 Å². The van der Waals surface area contributed by atoms with Crippen LogP contribution in [0.3, 0.4) is 0 Å². The van der Waals surface area contributed by atoms with Crippen LogP contribution >= 0.6 is 0 Å². The van der Waals surface area contributed by atoms with Crippen molar-refractivity contribution in [2.45, 2.75) is 130 Å². The van der Waals surface area contributed by atoms with Crippen molar-refractivity contribution in [2.24, 2.45) is 57.8 Å². The van der Waals surface area contributed by atoms with E-state index in [0.717, 1.165) is 48.3 Å². The highest BCUT2D eigenvalue weighted by Gasteiger charge is 2.59. The number of carboxylic acid groups (broad SMARTS) is 1. The molecule has 0 bridgehead atoms. The Morgan fingerprint density at radius 3 is 2.45 bits per heavy atom. The topological polar surface area (TPSA) is 145 Å². The number of guanidine groups is 1. The summed E-state index contributed by atoms with van der Waals surface area (Å²) in [4.78, 5) is 10.2. The Bertz CT molecular complexity index is 891. The van der Waals surface area contributed by atoms with Gasteiger partial charge in [-0.2, -0.15) is 0 Å². The average Bonchev–Trinajstić information content (AvgIpc) is 3.24. The van der Waals surface area contributed by atoms with Gasteiger partial charge in [0.25, 0.3) is 0 Å². The van der Waals surface area contributed by atoms with Gasteiger partial charge in [0, 0.05) is 6.54 Å². The van der Waals surface area contributed by atoms with E-state index in [9.17, 15) is 9.90 Å². The van der Waals surface area contributed by atoms with Gasteiger partial charge >= 0.3 is 5.97 Å². The molecule has 7 heteroatoms. The van der Waals surface area contributed by atoms with Crippen LogP contribution in [0.2, 0.25) is 0 Å². The standard InChI is InChI=1S/C27H46O.C6H14N4O2/c1-18(2)7-6-8-19(3)23-11-12-24-22-10-9-20-17-21(28)13-15-26(20,4)25(22)14-16-27(23,24)5;7-4(5(11)12)2-1-3-10-6(8)9/h9,18-19,21-25,28H,6-8,10-17H2,1-5H3;4H,1-3,7H2,(H,11,12)(H4,8,9,10)/t19?,21-,22-,23+,24-,25-,26-,27+;/m0./s1. The van der Waals surface area contributed by atoms with E-state index in [2.05, 4.69) is 46.0 Å². The molecule has 40 heavy (non-hydrogen) atoms. The Kier molecular flexibility index (Phi) is 11.6. The molecule has 2 unspecified atom stereocenters. The molecule has 0 aromatic heterocycles. The van der Waals surface area contributed by atoms with Gasteiger partial charge in [0.1, 0.15) is 6.04 Å². The maximum absolute atomic E-state index is 10.2. The summed E-state index contributed by atoms with van der Waals surface area (Å²) < 4.78 is 0. The molecule has 9 atom stereocenters. The normalized spacial score (nSPS) is 36.2. The minimum absolute atomic E-state index is 0.0766. The predicted octanol–water partition coefficient (Wildman–Crippen LogP) is 6.05. The molecule has 0 spiro atoms. The van der Waals surface area contributed by atoms with E-state index >= 15 is 0 Å². The van der Waals surface area contributed by atoms with Gasteiger partial charge in [-0.1, -0.05) is 65.5 Å². The zero-order valence-corrected chi connectivity index (χ0v) is 26.1. The maximum Gasteiger partial charge on any atom is 0.320 e. The van der Waals surface area contributed by atoms with E-state index in [4.69, 9.17) is 22.0 Å². The number of hydrogen-bond donors (Lipinski definition) is 6. The van der Waals surface area contributed by atoms with Crippen molar-refractivity contribution < 1.29 is 15.0 Å². The largest absolute Gasteiger partial charge is 0.480 e. The lowest BCUT2D eigenvalue weighted by Crippen LogP contribution is -2.50. The molecule has 4 aliphatic carbocycles. The minimum atomic E-state index is -1.00. The van der Waals surface area contributed by atoms with Crippen LogP contribution in [-0.2, 0) is 4.79 Å². The van der Waals surface area contributed by atoms with E-state index in [1.165, 1.54) is 57.8 Å². The van der Waals surface area contributed by atoms with Gasteiger partial charge in [-0.3, -0.25) is 10.2 Å². The van der Waals surface area contributed by atoms with Crippen molar-refractivity contribution in [3.8, 4) is 0 Å². The molecular weight excluding hydrogens is 500 g/mol. The van der Waals surface area contributed by atoms with Crippen molar-refractivity contribution in [1.29, 1.82) is 5.41 Å². The van der Waals surface area contributed by atoms with Gasteiger partial charge < -0.3 is 27.0 Å². The van der Waals surface area contributed by atoms with Crippen LogP contribution in [0, 0.1) is 51.7 Å².